The molecule has 1 aliphatic rings. The van der Waals surface area contributed by atoms with Crippen LogP contribution in [0.3, 0.4) is 0 Å². The third-order valence-corrected chi connectivity index (χ3v) is 9.15. The van der Waals surface area contributed by atoms with E-state index >= 15 is 0 Å². The summed E-state index contributed by atoms with van der Waals surface area (Å²) in [6.45, 7) is 2.07. The van der Waals surface area contributed by atoms with Gasteiger partial charge >= 0.3 is 6.03 Å². The molecule has 2 aromatic carbocycles. The van der Waals surface area contributed by atoms with E-state index in [1.165, 1.54) is 62.3 Å². The largest absolute Gasteiger partial charge is 0.341 e. The van der Waals surface area contributed by atoms with Crippen molar-refractivity contribution in [2.75, 3.05) is 33.0 Å². The average Bonchev–Trinajstić information content (AvgIpc) is 3.26. The molecule has 0 atom stereocenters. The molecule has 12 heteroatoms. The lowest BCUT2D eigenvalue weighted by Gasteiger charge is -2.27. The molecular formula is C26H29N5O5S2. The molecule has 0 aliphatic carbocycles. The molecule has 0 saturated carbocycles. The summed E-state index contributed by atoms with van der Waals surface area (Å²) in [6.07, 6.45) is 0.585. The highest BCUT2D eigenvalue weighted by atomic mass is 32.2. The van der Waals surface area contributed by atoms with Crippen molar-refractivity contribution in [2.24, 2.45) is 0 Å². The van der Waals surface area contributed by atoms with Crippen LogP contribution >= 0.6 is 11.3 Å². The van der Waals surface area contributed by atoms with Crippen LogP contribution in [0.15, 0.2) is 59.5 Å². The summed E-state index contributed by atoms with van der Waals surface area (Å²) in [6, 6.07) is 15.0. The Bertz CT molecular complexity index is 1450. The first-order valence-corrected chi connectivity index (χ1v) is 14.1. The number of urea groups is 1. The lowest BCUT2D eigenvalue weighted by atomic mass is 10.0. The van der Waals surface area contributed by atoms with Gasteiger partial charge in [-0.2, -0.15) is 0 Å². The van der Waals surface area contributed by atoms with Gasteiger partial charge in [-0.1, -0.05) is 30.3 Å². The van der Waals surface area contributed by atoms with Gasteiger partial charge in [-0.15, -0.1) is 11.3 Å². The van der Waals surface area contributed by atoms with Gasteiger partial charge in [0.1, 0.15) is 5.00 Å². The van der Waals surface area contributed by atoms with Gasteiger partial charge in [0.05, 0.1) is 10.5 Å². The number of hydrogen-bond donors (Lipinski definition) is 3. The highest BCUT2D eigenvalue weighted by Gasteiger charge is 2.30. The predicted octanol–water partition coefficient (Wildman–Crippen LogP) is 2.88. The van der Waals surface area contributed by atoms with Gasteiger partial charge in [0.15, 0.2) is 0 Å². The number of amides is 4. The van der Waals surface area contributed by atoms with Crippen LogP contribution < -0.4 is 16.0 Å². The van der Waals surface area contributed by atoms with Crippen LogP contribution in [0.4, 0.5) is 9.80 Å². The first-order chi connectivity index (χ1) is 18.1. The molecule has 0 spiro atoms. The molecule has 200 valence electrons. The highest BCUT2D eigenvalue weighted by molar-refractivity contribution is 7.89. The minimum absolute atomic E-state index is 0.0646. The number of imide groups is 1. The maximum atomic E-state index is 13.1. The van der Waals surface area contributed by atoms with Crippen LogP contribution in [0, 0.1) is 0 Å². The number of fused-ring (bicyclic) bond motifs is 1. The molecule has 3 N–H and O–H groups in total. The van der Waals surface area contributed by atoms with Crippen LogP contribution in [0.25, 0.3) is 0 Å². The molecule has 0 saturated heterocycles. The number of nitrogens with zero attached hydrogens (tertiary/aromatic N) is 2. The second-order valence-corrected chi connectivity index (χ2v) is 12.2. The van der Waals surface area contributed by atoms with Crippen molar-refractivity contribution < 1.29 is 22.8 Å². The monoisotopic (exact) mass is 555 g/mol. The van der Waals surface area contributed by atoms with Crippen LogP contribution in [0.5, 0.6) is 0 Å². The standard InChI is InChI=1S/C26H29N5O5S2/c1-27-26(34)29-24(33)22-20-13-14-31(15-17-7-5-4-6-8-17)16-21(20)37-25(22)28-23(32)18-9-11-19(12-10-18)38(35,36)30(2)3/h4-12H,13-16H2,1-3H3,(H,28,32)(H2,27,29,33,34). The van der Waals surface area contributed by atoms with E-state index in [4.69, 9.17) is 0 Å². The number of thiophene rings is 1. The van der Waals surface area contributed by atoms with Gasteiger partial charge in [-0.3, -0.25) is 19.8 Å². The Hall–Kier alpha value is -3.58. The summed E-state index contributed by atoms with van der Waals surface area (Å²) in [4.78, 5) is 41.3. The summed E-state index contributed by atoms with van der Waals surface area (Å²) < 4.78 is 25.8. The number of sulfonamides is 1. The third-order valence-electron chi connectivity index (χ3n) is 6.19. The van der Waals surface area contributed by atoms with Gasteiger partial charge in [-0.05, 0) is 41.8 Å². The molecule has 3 aromatic rings. The van der Waals surface area contributed by atoms with Crippen molar-refractivity contribution in [3.8, 4) is 0 Å². The fourth-order valence-electron chi connectivity index (χ4n) is 4.15. The smallest absolute Gasteiger partial charge is 0.321 e. The average molecular weight is 556 g/mol. The second kappa shape index (κ2) is 11.4. The van der Waals surface area contributed by atoms with E-state index in [0.717, 1.165) is 21.3 Å². The van der Waals surface area contributed by atoms with E-state index in [9.17, 15) is 22.8 Å². The Labute approximate surface area is 225 Å². The van der Waals surface area contributed by atoms with Gasteiger partial charge in [0, 0.05) is 51.2 Å². The second-order valence-electron chi connectivity index (χ2n) is 8.95. The molecule has 0 fully saturated rings. The topological polar surface area (TPSA) is 128 Å². The molecule has 1 aliphatic heterocycles. The zero-order chi connectivity index (χ0) is 27.4. The number of carbonyl (C=O) groups excluding carboxylic acids is 3. The van der Waals surface area contributed by atoms with E-state index in [2.05, 4.69) is 33.0 Å². The van der Waals surface area contributed by atoms with Crippen LogP contribution in [0.1, 0.15) is 36.7 Å². The Kier molecular flexibility index (Phi) is 8.26. The quantitative estimate of drug-likeness (QED) is 0.411. The lowest BCUT2D eigenvalue weighted by Crippen LogP contribution is -2.38. The minimum atomic E-state index is -3.63. The Balaban J connectivity index is 1.60. The molecular weight excluding hydrogens is 526 g/mol. The molecule has 1 aromatic heterocycles. The first kappa shape index (κ1) is 27.5. The predicted molar refractivity (Wildman–Crippen MR) is 146 cm³/mol. The summed E-state index contributed by atoms with van der Waals surface area (Å²) in [7, 11) is 0.643. The Morgan fingerprint density at radius 3 is 2.32 bits per heavy atom. The van der Waals surface area contributed by atoms with E-state index in [1.54, 1.807) is 0 Å². The van der Waals surface area contributed by atoms with E-state index in [-0.39, 0.29) is 16.0 Å². The normalized spacial score (nSPS) is 13.6. The minimum Gasteiger partial charge on any atom is -0.341 e. The van der Waals surface area contributed by atoms with E-state index in [0.29, 0.717) is 24.5 Å². The molecule has 0 bridgehead atoms. The molecule has 10 nitrogen and oxygen atoms in total. The van der Waals surface area contributed by atoms with Crippen molar-refractivity contribution in [3.63, 3.8) is 0 Å². The molecule has 38 heavy (non-hydrogen) atoms. The number of anilines is 1. The molecule has 0 unspecified atom stereocenters. The zero-order valence-electron chi connectivity index (χ0n) is 21.3. The number of hydrogen-bond acceptors (Lipinski definition) is 7. The summed E-state index contributed by atoms with van der Waals surface area (Å²) in [5, 5.41) is 7.82. The number of carbonyl (C=O) groups is 3. The van der Waals surface area contributed by atoms with Gasteiger partial charge in [0.2, 0.25) is 10.0 Å². The fourth-order valence-corrected chi connectivity index (χ4v) is 6.34. The van der Waals surface area contributed by atoms with Crippen molar-refractivity contribution in [1.29, 1.82) is 0 Å². The maximum Gasteiger partial charge on any atom is 0.321 e. The lowest BCUT2D eigenvalue weighted by molar-refractivity contribution is 0.0964. The van der Waals surface area contributed by atoms with Crippen LogP contribution in [-0.2, 0) is 29.5 Å². The summed E-state index contributed by atoms with van der Waals surface area (Å²) in [5.41, 5.74) is 2.49. The first-order valence-electron chi connectivity index (χ1n) is 11.9. The molecule has 4 amide bonds. The van der Waals surface area contributed by atoms with Crippen LogP contribution in [0.2, 0.25) is 0 Å². The van der Waals surface area contributed by atoms with Gasteiger partial charge in [-0.25, -0.2) is 17.5 Å². The molecule has 0 radical (unpaired) electrons. The SMILES string of the molecule is CNC(=O)NC(=O)c1c(NC(=O)c2ccc(S(=O)(=O)N(C)C)cc2)sc2c1CCN(Cc1ccccc1)C2. The molecule has 2 heterocycles. The van der Waals surface area contributed by atoms with E-state index in [1.807, 2.05) is 18.2 Å². The van der Waals surface area contributed by atoms with E-state index < -0.39 is 27.9 Å². The van der Waals surface area contributed by atoms with Gasteiger partial charge in [0.25, 0.3) is 11.8 Å². The number of benzene rings is 2. The summed E-state index contributed by atoms with van der Waals surface area (Å²) in [5.74, 6) is -1.09. The van der Waals surface area contributed by atoms with Crippen molar-refractivity contribution in [1.82, 2.24) is 19.8 Å². The van der Waals surface area contributed by atoms with Crippen LogP contribution in [-0.4, -0.2) is 63.2 Å². The van der Waals surface area contributed by atoms with Gasteiger partial charge < -0.3 is 10.6 Å². The highest BCUT2D eigenvalue weighted by Crippen LogP contribution is 2.38. The summed E-state index contributed by atoms with van der Waals surface area (Å²) >= 11 is 1.30. The number of rotatable bonds is 7. The zero-order valence-corrected chi connectivity index (χ0v) is 22.9. The Morgan fingerprint density at radius 1 is 1.00 bits per heavy atom. The number of nitrogens with one attached hydrogen (secondary N) is 3. The van der Waals surface area contributed by atoms with Crippen molar-refractivity contribution in [2.45, 2.75) is 24.4 Å². The van der Waals surface area contributed by atoms with Crippen molar-refractivity contribution in [3.05, 3.63) is 81.7 Å². The Morgan fingerprint density at radius 2 is 1.68 bits per heavy atom. The third kappa shape index (κ3) is 5.94. The van der Waals surface area contributed by atoms with Crippen molar-refractivity contribution >= 4 is 44.2 Å². The maximum absolute atomic E-state index is 13.1. The fraction of sp³-hybridized carbons (Fsp3) is 0.269. The molecule has 4 rings (SSSR count).